The zero-order chi connectivity index (χ0) is 17.6. The molecule has 1 unspecified atom stereocenters. The maximum atomic E-state index is 12.1. The molecule has 1 aliphatic rings. The quantitative estimate of drug-likeness (QED) is 0.619. The molecule has 1 aliphatic carbocycles. The van der Waals surface area contributed by atoms with E-state index < -0.39 is 0 Å². The highest BCUT2D eigenvalue weighted by molar-refractivity contribution is 5.89. The molecule has 1 fully saturated rings. The van der Waals surface area contributed by atoms with E-state index in [0.717, 1.165) is 18.4 Å². The number of hydrogen-bond donors (Lipinski definition) is 0. The summed E-state index contributed by atoms with van der Waals surface area (Å²) >= 11 is 0. The second-order valence-electron chi connectivity index (χ2n) is 6.71. The second kappa shape index (κ2) is 7.97. The minimum Gasteiger partial charge on any atom is -0.462 e. The van der Waals surface area contributed by atoms with Crippen molar-refractivity contribution >= 4 is 11.8 Å². The summed E-state index contributed by atoms with van der Waals surface area (Å²) in [6.45, 7) is 6.42. The number of hydrogen-bond acceptors (Lipinski definition) is 3. The molecule has 0 bridgehead atoms. The summed E-state index contributed by atoms with van der Waals surface area (Å²) in [4.78, 5) is 23.7. The van der Waals surface area contributed by atoms with Crippen LogP contribution in [0, 0.1) is 23.2 Å². The molecule has 1 aromatic rings. The molecule has 0 heterocycles. The number of allylic oxidation sites excluding steroid dienone is 2. The van der Waals surface area contributed by atoms with Crippen molar-refractivity contribution in [1.82, 2.24) is 0 Å². The van der Waals surface area contributed by atoms with Crippen molar-refractivity contribution in [2.24, 2.45) is 11.3 Å². The number of benzene rings is 1. The Hall–Kier alpha value is -2.34. The first-order chi connectivity index (χ1) is 11.4. The van der Waals surface area contributed by atoms with Crippen LogP contribution in [0.5, 0.6) is 0 Å². The lowest BCUT2D eigenvalue weighted by Gasteiger charge is -2.35. The van der Waals surface area contributed by atoms with Crippen LogP contribution in [0.1, 0.15) is 56.0 Å². The molecule has 0 spiro atoms. The molecular formula is C21H24O3. The Bertz CT molecular complexity index is 684. The summed E-state index contributed by atoms with van der Waals surface area (Å²) in [6.07, 6.45) is 6.42. The number of carbonyl (C=O) groups is 2. The van der Waals surface area contributed by atoms with Crippen molar-refractivity contribution in [3.05, 3.63) is 47.5 Å². The van der Waals surface area contributed by atoms with Gasteiger partial charge in [-0.3, -0.25) is 4.79 Å². The number of ketones is 1. The highest BCUT2D eigenvalue weighted by atomic mass is 16.5. The Morgan fingerprint density at radius 3 is 2.67 bits per heavy atom. The molecule has 126 valence electrons. The van der Waals surface area contributed by atoms with Gasteiger partial charge in [0.05, 0.1) is 12.2 Å². The molecule has 0 aromatic heterocycles. The molecule has 1 atom stereocenters. The summed E-state index contributed by atoms with van der Waals surface area (Å²) in [5.74, 6) is 5.94. The zero-order valence-electron chi connectivity index (χ0n) is 14.6. The molecule has 0 aliphatic heterocycles. The lowest BCUT2D eigenvalue weighted by molar-refractivity contribution is -0.127. The fourth-order valence-corrected chi connectivity index (χ4v) is 3.01. The van der Waals surface area contributed by atoms with E-state index in [0.29, 0.717) is 24.4 Å². The van der Waals surface area contributed by atoms with Gasteiger partial charge >= 0.3 is 5.97 Å². The van der Waals surface area contributed by atoms with Gasteiger partial charge in [0.25, 0.3) is 0 Å². The summed E-state index contributed by atoms with van der Waals surface area (Å²) < 4.78 is 4.94. The third-order valence-corrected chi connectivity index (χ3v) is 4.42. The highest BCUT2D eigenvalue weighted by Crippen LogP contribution is 2.39. The summed E-state index contributed by atoms with van der Waals surface area (Å²) in [5, 5.41) is 0. The molecule has 0 radical (unpaired) electrons. The van der Waals surface area contributed by atoms with Crippen molar-refractivity contribution in [3.8, 4) is 11.8 Å². The first-order valence-electron chi connectivity index (χ1n) is 8.42. The van der Waals surface area contributed by atoms with Crippen molar-refractivity contribution in [3.63, 3.8) is 0 Å². The van der Waals surface area contributed by atoms with Gasteiger partial charge in [0.15, 0.2) is 0 Å². The van der Waals surface area contributed by atoms with Crippen LogP contribution < -0.4 is 0 Å². The van der Waals surface area contributed by atoms with Gasteiger partial charge in [0.2, 0.25) is 0 Å². The van der Waals surface area contributed by atoms with Crippen molar-refractivity contribution in [1.29, 1.82) is 0 Å². The molecule has 0 amide bonds. The van der Waals surface area contributed by atoms with Crippen LogP contribution >= 0.6 is 0 Å². The van der Waals surface area contributed by atoms with Gasteiger partial charge in [0, 0.05) is 17.9 Å². The predicted molar refractivity (Wildman–Crippen MR) is 94.5 cm³/mol. The second-order valence-corrected chi connectivity index (χ2v) is 6.71. The van der Waals surface area contributed by atoms with Crippen LogP contribution in [0.15, 0.2) is 36.4 Å². The van der Waals surface area contributed by atoms with E-state index in [1.807, 2.05) is 6.08 Å². The zero-order valence-corrected chi connectivity index (χ0v) is 14.6. The molecule has 1 saturated carbocycles. The lowest BCUT2D eigenvalue weighted by atomic mass is 9.68. The van der Waals surface area contributed by atoms with Gasteiger partial charge in [-0.05, 0) is 55.5 Å². The van der Waals surface area contributed by atoms with Crippen LogP contribution in [0.25, 0.3) is 0 Å². The normalized spacial score (nSPS) is 19.6. The van der Waals surface area contributed by atoms with Crippen molar-refractivity contribution in [2.75, 3.05) is 6.61 Å². The maximum Gasteiger partial charge on any atom is 0.338 e. The lowest BCUT2D eigenvalue weighted by Crippen LogP contribution is -2.33. The Morgan fingerprint density at radius 1 is 1.33 bits per heavy atom. The summed E-state index contributed by atoms with van der Waals surface area (Å²) in [7, 11) is 0. The van der Waals surface area contributed by atoms with E-state index in [1.165, 1.54) is 0 Å². The highest BCUT2D eigenvalue weighted by Gasteiger charge is 2.35. The topological polar surface area (TPSA) is 43.4 Å². The smallest absolute Gasteiger partial charge is 0.338 e. The van der Waals surface area contributed by atoms with Crippen LogP contribution in [-0.2, 0) is 9.53 Å². The molecule has 0 saturated heterocycles. The molecule has 0 N–H and O–H groups in total. The number of Topliss-reactive ketones (excluding diaryl/α,β-unsaturated/α-hetero) is 1. The van der Waals surface area contributed by atoms with E-state index >= 15 is 0 Å². The van der Waals surface area contributed by atoms with E-state index in [1.54, 1.807) is 37.3 Å². The van der Waals surface area contributed by atoms with E-state index in [2.05, 4.69) is 25.7 Å². The fourth-order valence-electron chi connectivity index (χ4n) is 3.01. The number of rotatable bonds is 3. The Balaban J connectivity index is 2.02. The standard InChI is InChI=1S/C21H24O3/c1-4-24-20(23)17-13-11-16(12-14-17)8-5-6-9-18-19(22)10-7-15-21(18,2)3/h6,9,11-14,18H,4,7,10,15H2,1-3H3. The van der Waals surface area contributed by atoms with Gasteiger partial charge in [0.1, 0.15) is 5.78 Å². The van der Waals surface area contributed by atoms with Gasteiger partial charge in [-0.1, -0.05) is 31.8 Å². The van der Waals surface area contributed by atoms with Crippen LogP contribution in [0.4, 0.5) is 0 Å². The largest absolute Gasteiger partial charge is 0.462 e. The van der Waals surface area contributed by atoms with Gasteiger partial charge in [-0.2, -0.15) is 0 Å². The first kappa shape index (κ1) is 18.0. The maximum absolute atomic E-state index is 12.1. The monoisotopic (exact) mass is 324 g/mol. The van der Waals surface area contributed by atoms with Crippen LogP contribution in [0.3, 0.4) is 0 Å². The van der Waals surface area contributed by atoms with Crippen LogP contribution in [0.2, 0.25) is 0 Å². The Kier molecular flexibility index (Phi) is 5.98. The number of esters is 1. The number of carbonyl (C=O) groups excluding carboxylic acids is 2. The Morgan fingerprint density at radius 2 is 2.04 bits per heavy atom. The minimum atomic E-state index is -0.324. The number of ether oxygens (including phenoxy) is 1. The molecule has 24 heavy (non-hydrogen) atoms. The van der Waals surface area contributed by atoms with E-state index in [4.69, 9.17) is 4.74 Å². The minimum absolute atomic E-state index is 0.00873. The van der Waals surface area contributed by atoms with Crippen LogP contribution in [-0.4, -0.2) is 18.4 Å². The van der Waals surface area contributed by atoms with Gasteiger partial charge in [-0.15, -0.1) is 0 Å². The molecular weight excluding hydrogens is 300 g/mol. The van der Waals surface area contributed by atoms with Crippen molar-refractivity contribution in [2.45, 2.75) is 40.0 Å². The molecule has 1 aromatic carbocycles. The molecule has 2 rings (SSSR count). The predicted octanol–water partition coefficient (Wildman–Crippen LogP) is 4.17. The SMILES string of the molecule is CCOC(=O)c1ccc(C#CC=CC2C(=O)CCCC2(C)C)cc1. The molecule has 3 heteroatoms. The average molecular weight is 324 g/mol. The average Bonchev–Trinajstić information content (AvgIpc) is 2.54. The van der Waals surface area contributed by atoms with Gasteiger partial charge < -0.3 is 4.74 Å². The summed E-state index contributed by atoms with van der Waals surface area (Å²) in [5.41, 5.74) is 1.35. The summed E-state index contributed by atoms with van der Waals surface area (Å²) in [6, 6.07) is 7.00. The van der Waals surface area contributed by atoms with Crippen molar-refractivity contribution < 1.29 is 14.3 Å². The van der Waals surface area contributed by atoms with Gasteiger partial charge in [-0.25, -0.2) is 4.79 Å². The van der Waals surface area contributed by atoms with E-state index in [-0.39, 0.29) is 17.3 Å². The third-order valence-electron chi connectivity index (χ3n) is 4.42. The van der Waals surface area contributed by atoms with E-state index in [9.17, 15) is 9.59 Å². The first-order valence-corrected chi connectivity index (χ1v) is 8.42. The third kappa shape index (κ3) is 4.58. The fraction of sp³-hybridized carbons (Fsp3) is 0.429. The molecule has 3 nitrogen and oxygen atoms in total. The Labute approximate surface area is 144 Å².